The Labute approximate surface area is 132 Å². The Bertz CT molecular complexity index is 621. The van der Waals surface area contributed by atoms with E-state index in [4.69, 9.17) is 11.6 Å². The van der Waals surface area contributed by atoms with E-state index in [1.165, 1.54) is 36.0 Å². The van der Waals surface area contributed by atoms with Crippen molar-refractivity contribution in [2.24, 2.45) is 0 Å². The molecule has 0 radical (unpaired) electrons. The van der Waals surface area contributed by atoms with E-state index >= 15 is 0 Å². The summed E-state index contributed by atoms with van der Waals surface area (Å²) in [6, 6.07) is 15.4. The van der Waals surface area contributed by atoms with Crippen LogP contribution in [0, 0.1) is 0 Å². The number of benzene rings is 2. The fourth-order valence-corrected chi connectivity index (χ4v) is 3.55. The minimum Gasteiger partial charge on any atom is -0.310 e. The Kier molecular flexibility index (Phi) is 4.62. The van der Waals surface area contributed by atoms with Crippen LogP contribution in [0.3, 0.4) is 0 Å². The largest absolute Gasteiger partial charge is 0.310 e. The van der Waals surface area contributed by atoms with Gasteiger partial charge in [0.2, 0.25) is 0 Å². The van der Waals surface area contributed by atoms with Gasteiger partial charge in [0.1, 0.15) is 0 Å². The second-order valence-electron chi connectivity index (χ2n) is 5.79. The third-order valence-electron chi connectivity index (χ3n) is 4.33. The standard InChI is InChI=1S/C19H22ClN/c1-2-21-19(17-8-3-4-9-18(17)20)13-14-10-11-15-6-5-7-16(15)12-14/h3-4,8-12,19,21H,2,5-7,13H2,1H3. The predicted molar refractivity (Wildman–Crippen MR) is 90.0 cm³/mol. The number of fused-ring (bicyclic) bond motifs is 1. The number of nitrogens with one attached hydrogen (secondary N) is 1. The van der Waals surface area contributed by atoms with Gasteiger partial charge in [0.15, 0.2) is 0 Å². The van der Waals surface area contributed by atoms with E-state index in [-0.39, 0.29) is 6.04 Å². The summed E-state index contributed by atoms with van der Waals surface area (Å²) >= 11 is 6.37. The van der Waals surface area contributed by atoms with Crippen LogP contribution in [0.2, 0.25) is 5.02 Å². The molecule has 0 saturated heterocycles. The van der Waals surface area contributed by atoms with Crippen molar-refractivity contribution in [1.82, 2.24) is 5.32 Å². The highest BCUT2D eigenvalue weighted by molar-refractivity contribution is 6.31. The first-order valence-electron chi connectivity index (χ1n) is 7.86. The first-order valence-corrected chi connectivity index (χ1v) is 8.24. The summed E-state index contributed by atoms with van der Waals surface area (Å²) < 4.78 is 0. The average molecular weight is 300 g/mol. The van der Waals surface area contributed by atoms with Gasteiger partial charge in [-0.3, -0.25) is 0 Å². The van der Waals surface area contributed by atoms with Crippen LogP contribution in [-0.2, 0) is 19.3 Å². The lowest BCUT2D eigenvalue weighted by Crippen LogP contribution is -2.23. The molecule has 3 rings (SSSR count). The van der Waals surface area contributed by atoms with Crippen LogP contribution in [-0.4, -0.2) is 6.54 Å². The quantitative estimate of drug-likeness (QED) is 0.842. The molecule has 1 unspecified atom stereocenters. The Morgan fingerprint density at radius 1 is 1.10 bits per heavy atom. The number of halogens is 1. The second kappa shape index (κ2) is 6.64. The molecule has 0 saturated carbocycles. The molecule has 2 aromatic carbocycles. The number of rotatable bonds is 5. The molecule has 0 bridgehead atoms. The van der Waals surface area contributed by atoms with Gasteiger partial charge in [-0.15, -0.1) is 0 Å². The van der Waals surface area contributed by atoms with E-state index in [1.807, 2.05) is 12.1 Å². The molecule has 1 aliphatic carbocycles. The van der Waals surface area contributed by atoms with Gasteiger partial charge < -0.3 is 5.32 Å². The molecule has 110 valence electrons. The monoisotopic (exact) mass is 299 g/mol. The van der Waals surface area contributed by atoms with E-state index < -0.39 is 0 Å². The highest BCUT2D eigenvalue weighted by Gasteiger charge is 2.16. The Balaban J connectivity index is 1.84. The molecule has 0 aliphatic heterocycles. The molecule has 1 atom stereocenters. The third-order valence-corrected chi connectivity index (χ3v) is 4.68. The number of hydrogen-bond donors (Lipinski definition) is 1. The lowest BCUT2D eigenvalue weighted by atomic mass is 9.96. The van der Waals surface area contributed by atoms with Crippen molar-refractivity contribution in [3.63, 3.8) is 0 Å². The van der Waals surface area contributed by atoms with Crippen LogP contribution in [0.25, 0.3) is 0 Å². The van der Waals surface area contributed by atoms with Crippen molar-refractivity contribution in [2.45, 2.75) is 38.6 Å². The normalized spacial score (nSPS) is 15.0. The average Bonchev–Trinajstić information content (AvgIpc) is 2.95. The van der Waals surface area contributed by atoms with Gasteiger partial charge in [-0.05, 0) is 60.5 Å². The SMILES string of the molecule is CCNC(Cc1ccc2c(c1)CCC2)c1ccccc1Cl. The molecule has 0 heterocycles. The maximum atomic E-state index is 6.37. The zero-order valence-corrected chi connectivity index (χ0v) is 13.3. The van der Waals surface area contributed by atoms with Crippen LogP contribution in [0.4, 0.5) is 0 Å². The van der Waals surface area contributed by atoms with E-state index in [1.54, 1.807) is 5.56 Å². The molecular weight excluding hydrogens is 278 g/mol. The third kappa shape index (κ3) is 3.30. The lowest BCUT2D eigenvalue weighted by Gasteiger charge is -2.20. The van der Waals surface area contributed by atoms with Crippen molar-refractivity contribution in [1.29, 1.82) is 0 Å². The number of aryl methyl sites for hydroxylation is 2. The summed E-state index contributed by atoms with van der Waals surface area (Å²) in [6.07, 6.45) is 4.78. The molecule has 1 N–H and O–H groups in total. The van der Waals surface area contributed by atoms with Crippen LogP contribution >= 0.6 is 11.6 Å². The fourth-order valence-electron chi connectivity index (χ4n) is 3.28. The second-order valence-corrected chi connectivity index (χ2v) is 6.20. The molecular formula is C19H22ClN. The van der Waals surface area contributed by atoms with Crippen molar-refractivity contribution >= 4 is 11.6 Å². The van der Waals surface area contributed by atoms with Crippen LogP contribution < -0.4 is 5.32 Å². The molecule has 1 nitrogen and oxygen atoms in total. The summed E-state index contributed by atoms with van der Waals surface area (Å²) in [4.78, 5) is 0. The van der Waals surface area contributed by atoms with Gasteiger partial charge in [-0.2, -0.15) is 0 Å². The zero-order chi connectivity index (χ0) is 14.7. The smallest absolute Gasteiger partial charge is 0.0453 e. The molecule has 2 heteroatoms. The van der Waals surface area contributed by atoms with E-state index in [9.17, 15) is 0 Å². The van der Waals surface area contributed by atoms with Gasteiger partial charge in [0.05, 0.1) is 0 Å². The topological polar surface area (TPSA) is 12.0 Å². The van der Waals surface area contributed by atoms with Crippen LogP contribution in [0.15, 0.2) is 42.5 Å². The van der Waals surface area contributed by atoms with E-state index in [2.05, 4.69) is 42.6 Å². The summed E-state index contributed by atoms with van der Waals surface area (Å²) in [5, 5.41) is 4.42. The Morgan fingerprint density at radius 2 is 1.90 bits per heavy atom. The van der Waals surface area contributed by atoms with E-state index in [0.717, 1.165) is 18.0 Å². The minimum atomic E-state index is 0.281. The van der Waals surface area contributed by atoms with Gasteiger partial charge in [0.25, 0.3) is 0 Å². The minimum absolute atomic E-state index is 0.281. The van der Waals surface area contributed by atoms with Crippen molar-refractivity contribution < 1.29 is 0 Å². The van der Waals surface area contributed by atoms with Crippen molar-refractivity contribution in [3.05, 3.63) is 69.7 Å². The van der Waals surface area contributed by atoms with Gasteiger partial charge >= 0.3 is 0 Å². The highest BCUT2D eigenvalue weighted by Crippen LogP contribution is 2.28. The molecule has 1 aliphatic rings. The molecule has 0 fully saturated rings. The zero-order valence-electron chi connectivity index (χ0n) is 12.5. The molecule has 0 aromatic heterocycles. The van der Waals surface area contributed by atoms with Crippen molar-refractivity contribution in [2.75, 3.05) is 6.54 Å². The maximum Gasteiger partial charge on any atom is 0.0453 e. The highest BCUT2D eigenvalue weighted by atomic mass is 35.5. The molecule has 0 spiro atoms. The molecule has 0 amide bonds. The Morgan fingerprint density at radius 3 is 2.71 bits per heavy atom. The number of hydrogen-bond acceptors (Lipinski definition) is 1. The summed E-state index contributed by atoms with van der Waals surface area (Å²) in [5.74, 6) is 0. The summed E-state index contributed by atoms with van der Waals surface area (Å²) in [7, 11) is 0. The first-order chi connectivity index (χ1) is 10.3. The summed E-state index contributed by atoms with van der Waals surface area (Å²) in [5.41, 5.74) is 5.68. The van der Waals surface area contributed by atoms with Gasteiger partial charge in [-0.25, -0.2) is 0 Å². The lowest BCUT2D eigenvalue weighted by molar-refractivity contribution is 0.550. The predicted octanol–water partition coefficient (Wildman–Crippen LogP) is 4.72. The molecule has 21 heavy (non-hydrogen) atoms. The van der Waals surface area contributed by atoms with Crippen LogP contribution in [0.5, 0.6) is 0 Å². The van der Waals surface area contributed by atoms with E-state index in [0.29, 0.717) is 0 Å². The maximum absolute atomic E-state index is 6.37. The van der Waals surface area contributed by atoms with Crippen LogP contribution in [0.1, 0.15) is 41.6 Å². The van der Waals surface area contributed by atoms with Gasteiger partial charge in [-0.1, -0.05) is 54.9 Å². The van der Waals surface area contributed by atoms with Crippen molar-refractivity contribution in [3.8, 4) is 0 Å². The summed E-state index contributed by atoms with van der Waals surface area (Å²) in [6.45, 7) is 3.09. The van der Waals surface area contributed by atoms with Gasteiger partial charge in [0, 0.05) is 11.1 Å². The number of likely N-dealkylation sites (N-methyl/N-ethyl adjacent to an activating group) is 1. The molecule has 2 aromatic rings. The Hall–Kier alpha value is -1.31. The first kappa shape index (κ1) is 14.6. The fraction of sp³-hybridized carbons (Fsp3) is 0.368.